The van der Waals surface area contributed by atoms with Gasteiger partial charge in [0.2, 0.25) is 11.8 Å². The Morgan fingerprint density at radius 1 is 1.00 bits per heavy atom. The predicted octanol–water partition coefficient (Wildman–Crippen LogP) is 1.10. The summed E-state index contributed by atoms with van der Waals surface area (Å²) in [7, 11) is 0. The zero-order chi connectivity index (χ0) is 21.8. The van der Waals surface area contributed by atoms with E-state index in [4.69, 9.17) is 0 Å². The van der Waals surface area contributed by atoms with Crippen molar-refractivity contribution in [2.75, 3.05) is 6.54 Å². The summed E-state index contributed by atoms with van der Waals surface area (Å²) in [5.41, 5.74) is 14.3. The number of nitrogens with zero attached hydrogens (tertiary/aromatic N) is 1. The Balaban J connectivity index is 1.24. The van der Waals surface area contributed by atoms with Crippen molar-refractivity contribution >= 4 is 17.7 Å². The molecule has 8 nitrogen and oxygen atoms in total. The van der Waals surface area contributed by atoms with Crippen LogP contribution in [0.4, 0.5) is 0 Å². The maximum Gasteiger partial charge on any atom is 0.256 e. The van der Waals surface area contributed by atoms with Crippen molar-refractivity contribution < 1.29 is 14.4 Å². The average molecular weight is 422 g/mol. The van der Waals surface area contributed by atoms with Crippen LogP contribution in [0.15, 0.2) is 54.6 Å². The molecule has 0 saturated carbocycles. The van der Waals surface area contributed by atoms with Crippen LogP contribution in [0.2, 0.25) is 0 Å². The lowest BCUT2D eigenvalue weighted by Gasteiger charge is -2.17. The molecule has 2 aliphatic rings. The summed E-state index contributed by atoms with van der Waals surface area (Å²) >= 11 is 0. The number of hydrazine groups is 2. The highest BCUT2D eigenvalue weighted by molar-refractivity contribution is 5.91. The zero-order valence-corrected chi connectivity index (χ0v) is 17.4. The lowest BCUT2D eigenvalue weighted by atomic mass is 10.0. The smallest absolute Gasteiger partial charge is 0.256 e. The largest absolute Gasteiger partial charge is 0.338 e. The van der Waals surface area contributed by atoms with Crippen molar-refractivity contribution in [3.8, 4) is 0 Å². The zero-order valence-electron chi connectivity index (χ0n) is 17.4. The van der Waals surface area contributed by atoms with E-state index in [0.29, 0.717) is 19.5 Å². The minimum Gasteiger partial charge on any atom is -0.338 e. The fourth-order valence-electron chi connectivity index (χ4n) is 3.96. The fourth-order valence-corrected chi connectivity index (χ4v) is 3.96. The summed E-state index contributed by atoms with van der Waals surface area (Å²) in [6, 6.07) is 17.4. The first-order valence-electron chi connectivity index (χ1n) is 10.5. The van der Waals surface area contributed by atoms with Crippen molar-refractivity contribution in [3.63, 3.8) is 0 Å². The van der Waals surface area contributed by atoms with Gasteiger partial charge >= 0.3 is 0 Å². The number of nitrogens with one attached hydrogen (secondary N) is 4. The van der Waals surface area contributed by atoms with Crippen LogP contribution in [0.5, 0.6) is 0 Å². The molecule has 162 valence electrons. The van der Waals surface area contributed by atoms with Crippen LogP contribution in [0.3, 0.4) is 0 Å². The minimum absolute atomic E-state index is 0.0236. The lowest BCUT2D eigenvalue weighted by molar-refractivity contribution is -0.132. The third kappa shape index (κ3) is 5.10. The van der Waals surface area contributed by atoms with Gasteiger partial charge in [0.1, 0.15) is 6.04 Å². The van der Waals surface area contributed by atoms with Crippen molar-refractivity contribution in [1.29, 1.82) is 0 Å². The van der Waals surface area contributed by atoms with Crippen LogP contribution < -0.4 is 21.7 Å². The van der Waals surface area contributed by atoms with Crippen molar-refractivity contribution in [2.45, 2.75) is 38.4 Å². The molecule has 0 aliphatic carbocycles. The number of rotatable bonds is 5. The first-order valence-corrected chi connectivity index (χ1v) is 10.5. The molecule has 0 spiro atoms. The molecule has 2 saturated heterocycles. The molecule has 0 bridgehead atoms. The van der Waals surface area contributed by atoms with Gasteiger partial charge in [-0.15, -0.1) is 0 Å². The molecule has 3 amide bonds. The molecule has 2 aromatic rings. The van der Waals surface area contributed by atoms with E-state index in [2.05, 4.69) is 21.7 Å². The van der Waals surface area contributed by atoms with E-state index in [1.54, 1.807) is 4.90 Å². The van der Waals surface area contributed by atoms with E-state index in [1.807, 2.05) is 61.5 Å². The molecule has 2 aromatic carbocycles. The van der Waals surface area contributed by atoms with Crippen molar-refractivity contribution in [3.05, 3.63) is 71.3 Å². The number of aryl methyl sites for hydroxylation is 1. The molecule has 2 aliphatic heterocycles. The van der Waals surface area contributed by atoms with Gasteiger partial charge in [0.25, 0.3) is 5.91 Å². The molecular weight excluding hydrogens is 394 g/mol. The maximum atomic E-state index is 12.5. The third-order valence-electron chi connectivity index (χ3n) is 5.81. The standard InChI is InChI=1S/C23H27N5O3/c1-15-7-9-16(10-8-15)13-28-14-18(11-21(28)29)22(30)26-27-23(31)20-12-19(24-25-20)17-5-3-2-4-6-17/h2-10,18-20,24-25H,11-14H2,1H3,(H,26,30)(H,27,31). The Labute approximate surface area is 181 Å². The number of carbonyl (C=O) groups excluding carboxylic acids is 3. The summed E-state index contributed by atoms with van der Waals surface area (Å²) < 4.78 is 0. The van der Waals surface area contributed by atoms with Crippen LogP contribution in [-0.4, -0.2) is 35.2 Å². The molecule has 3 unspecified atom stereocenters. The summed E-state index contributed by atoms with van der Waals surface area (Å²) in [6.07, 6.45) is 0.713. The molecule has 3 atom stereocenters. The van der Waals surface area contributed by atoms with E-state index < -0.39 is 12.0 Å². The first kappa shape index (κ1) is 21.0. The maximum absolute atomic E-state index is 12.5. The average Bonchev–Trinajstić information content (AvgIpc) is 3.42. The number of likely N-dealkylation sites (tertiary alicyclic amines) is 1. The molecule has 4 rings (SSSR count). The normalized spacial score (nSPS) is 23.1. The topological polar surface area (TPSA) is 103 Å². The monoisotopic (exact) mass is 421 g/mol. The van der Waals surface area contributed by atoms with E-state index in [9.17, 15) is 14.4 Å². The fraction of sp³-hybridized carbons (Fsp3) is 0.348. The van der Waals surface area contributed by atoms with Crippen molar-refractivity contribution in [1.82, 2.24) is 26.6 Å². The highest BCUT2D eigenvalue weighted by Gasteiger charge is 2.35. The quantitative estimate of drug-likeness (QED) is 0.542. The highest BCUT2D eigenvalue weighted by Crippen LogP contribution is 2.22. The van der Waals surface area contributed by atoms with Gasteiger partial charge < -0.3 is 4.90 Å². The SMILES string of the molecule is Cc1ccc(CN2CC(C(=O)NNC(=O)C3CC(c4ccccc4)NN3)CC2=O)cc1. The molecule has 8 heteroatoms. The lowest BCUT2D eigenvalue weighted by Crippen LogP contribution is -2.51. The Kier molecular flexibility index (Phi) is 6.29. The van der Waals surface area contributed by atoms with Crippen LogP contribution >= 0.6 is 0 Å². The van der Waals surface area contributed by atoms with E-state index >= 15 is 0 Å². The van der Waals surface area contributed by atoms with E-state index in [-0.39, 0.29) is 30.2 Å². The first-order chi connectivity index (χ1) is 15.0. The Bertz CT molecular complexity index is 947. The van der Waals surface area contributed by atoms with Gasteiger partial charge in [-0.25, -0.2) is 10.9 Å². The summed E-state index contributed by atoms with van der Waals surface area (Å²) in [5.74, 6) is -1.21. The van der Waals surface area contributed by atoms with Crippen LogP contribution in [-0.2, 0) is 20.9 Å². The third-order valence-corrected chi connectivity index (χ3v) is 5.81. The van der Waals surface area contributed by atoms with Gasteiger partial charge in [0, 0.05) is 25.6 Å². The van der Waals surface area contributed by atoms with Gasteiger partial charge in [-0.05, 0) is 24.5 Å². The Morgan fingerprint density at radius 2 is 1.71 bits per heavy atom. The van der Waals surface area contributed by atoms with Crippen LogP contribution in [0.1, 0.15) is 35.6 Å². The summed E-state index contributed by atoms with van der Waals surface area (Å²) in [4.78, 5) is 38.9. The summed E-state index contributed by atoms with van der Waals surface area (Å²) in [6.45, 7) is 2.83. The Hall–Kier alpha value is -3.23. The van der Waals surface area contributed by atoms with E-state index in [0.717, 1.165) is 16.7 Å². The number of hydrogen-bond donors (Lipinski definition) is 4. The van der Waals surface area contributed by atoms with Crippen LogP contribution in [0.25, 0.3) is 0 Å². The number of benzene rings is 2. The van der Waals surface area contributed by atoms with E-state index in [1.165, 1.54) is 0 Å². The highest BCUT2D eigenvalue weighted by atomic mass is 16.2. The molecule has 0 radical (unpaired) electrons. The second-order valence-electron chi connectivity index (χ2n) is 8.18. The van der Waals surface area contributed by atoms with Gasteiger partial charge in [-0.3, -0.25) is 25.2 Å². The summed E-state index contributed by atoms with van der Waals surface area (Å²) in [5, 5.41) is 0. The second kappa shape index (κ2) is 9.28. The number of amides is 3. The van der Waals surface area contributed by atoms with Gasteiger partial charge in [-0.2, -0.15) is 0 Å². The second-order valence-corrected chi connectivity index (χ2v) is 8.18. The minimum atomic E-state index is -0.482. The molecule has 4 N–H and O–H groups in total. The predicted molar refractivity (Wildman–Crippen MR) is 115 cm³/mol. The Morgan fingerprint density at radius 3 is 2.45 bits per heavy atom. The number of carbonyl (C=O) groups is 3. The molecule has 0 aromatic heterocycles. The van der Waals surface area contributed by atoms with Crippen LogP contribution in [0, 0.1) is 12.8 Å². The molecule has 2 fully saturated rings. The van der Waals surface area contributed by atoms with Gasteiger partial charge in [0.05, 0.1) is 5.92 Å². The van der Waals surface area contributed by atoms with Gasteiger partial charge in [-0.1, -0.05) is 60.2 Å². The molecule has 31 heavy (non-hydrogen) atoms. The van der Waals surface area contributed by atoms with Crippen molar-refractivity contribution in [2.24, 2.45) is 5.92 Å². The molecule has 2 heterocycles. The number of hydrogen-bond acceptors (Lipinski definition) is 5. The molecular formula is C23H27N5O3. The van der Waals surface area contributed by atoms with Gasteiger partial charge in [0.15, 0.2) is 0 Å².